The van der Waals surface area contributed by atoms with Crippen molar-refractivity contribution in [1.29, 1.82) is 0 Å². The molecule has 3 rings (SSSR count). The van der Waals surface area contributed by atoms with Gasteiger partial charge in [0, 0.05) is 12.1 Å². The summed E-state index contributed by atoms with van der Waals surface area (Å²) < 4.78 is 42.5. The highest BCUT2D eigenvalue weighted by atomic mass is 35.5. The van der Waals surface area contributed by atoms with Crippen LogP contribution in [0.1, 0.15) is 48.9 Å². The predicted octanol–water partition coefficient (Wildman–Crippen LogP) is 3.64. The smallest absolute Gasteiger partial charge is 0.340 e. The molecule has 1 heterocycles. The molecule has 29 heavy (non-hydrogen) atoms. The molecular weight excluding hydrogens is 444 g/mol. The molecule has 1 aliphatic heterocycles. The zero-order valence-electron chi connectivity index (χ0n) is 15.7. The monoisotopic (exact) mass is 465 g/mol. The lowest BCUT2D eigenvalue weighted by Gasteiger charge is -2.38. The van der Waals surface area contributed by atoms with Crippen molar-refractivity contribution < 1.29 is 27.1 Å². The van der Waals surface area contributed by atoms with Gasteiger partial charge in [0.1, 0.15) is 5.82 Å². The van der Waals surface area contributed by atoms with Crippen LogP contribution in [0.3, 0.4) is 0 Å². The summed E-state index contributed by atoms with van der Waals surface area (Å²) in [4.78, 5) is 26.8. The fourth-order valence-electron chi connectivity index (χ4n) is 4.02. The first-order chi connectivity index (χ1) is 13.7. The van der Waals surface area contributed by atoms with E-state index in [4.69, 9.17) is 27.9 Å². The van der Waals surface area contributed by atoms with Gasteiger partial charge in [-0.3, -0.25) is 4.79 Å². The summed E-state index contributed by atoms with van der Waals surface area (Å²) in [6.45, 7) is -0.563. The lowest BCUT2D eigenvalue weighted by atomic mass is 9.93. The lowest BCUT2D eigenvalue weighted by Crippen LogP contribution is -2.50. The number of halogens is 3. The van der Waals surface area contributed by atoms with Crippen LogP contribution in [0.5, 0.6) is 0 Å². The highest BCUT2D eigenvalue weighted by Crippen LogP contribution is 2.29. The molecule has 0 bridgehead atoms. The second-order valence-electron chi connectivity index (χ2n) is 7.47. The van der Waals surface area contributed by atoms with Gasteiger partial charge in [-0.15, -0.1) is 0 Å². The van der Waals surface area contributed by atoms with Gasteiger partial charge in [0.15, 0.2) is 16.4 Å². The Bertz CT molecular complexity index is 902. The number of sulfone groups is 1. The number of amides is 1. The van der Waals surface area contributed by atoms with Crippen molar-refractivity contribution in [2.45, 2.75) is 50.6 Å². The topological polar surface area (TPSA) is 80.8 Å². The number of carbonyl (C=O) groups excluding carboxylic acids is 2. The molecule has 1 aromatic carbocycles. The Morgan fingerprint density at radius 3 is 2.38 bits per heavy atom. The summed E-state index contributed by atoms with van der Waals surface area (Å²) in [7, 11) is -3.17. The maximum Gasteiger partial charge on any atom is 0.340 e. The molecule has 2 fully saturated rings. The average molecular weight is 466 g/mol. The van der Waals surface area contributed by atoms with Gasteiger partial charge in [0.05, 0.1) is 27.1 Å². The quantitative estimate of drug-likeness (QED) is 0.489. The van der Waals surface area contributed by atoms with Crippen LogP contribution < -0.4 is 0 Å². The summed E-state index contributed by atoms with van der Waals surface area (Å²) in [5.41, 5.74) is -0.228. The number of carbonyl (C=O) groups is 2. The molecule has 1 aliphatic carbocycles. The lowest BCUT2D eigenvalue weighted by molar-refractivity contribution is -0.140. The highest BCUT2D eigenvalue weighted by Gasteiger charge is 2.38. The van der Waals surface area contributed by atoms with Gasteiger partial charge >= 0.3 is 5.97 Å². The number of benzene rings is 1. The second kappa shape index (κ2) is 9.18. The van der Waals surface area contributed by atoms with Crippen molar-refractivity contribution in [3.8, 4) is 0 Å². The molecule has 0 spiro atoms. The van der Waals surface area contributed by atoms with Gasteiger partial charge in [0.25, 0.3) is 5.91 Å². The minimum Gasteiger partial charge on any atom is -0.452 e. The molecule has 1 saturated carbocycles. The Balaban J connectivity index is 1.71. The molecule has 1 amide bonds. The number of ether oxygens (including phenoxy) is 1. The maximum absolute atomic E-state index is 13.6. The third kappa shape index (κ3) is 5.41. The van der Waals surface area contributed by atoms with E-state index in [0.717, 1.165) is 44.2 Å². The summed E-state index contributed by atoms with van der Waals surface area (Å²) in [6, 6.07) is 1.48. The van der Waals surface area contributed by atoms with Crippen LogP contribution in [0.4, 0.5) is 4.39 Å². The van der Waals surface area contributed by atoms with Crippen LogP contribution in [-0.2, 0) is 19.4 Å². The van der Waals surface area contributed by atoms with Gasteiger partial charge in [0.2, 0.25) is 0 Å². The minimum atomic E-state index is -3.17. The third-order valence-electron chi connectivity index (χ3n) is 5.41. The summed E-state index contributed by atoms with van der Waals surface area (Å²) in [5.74, 6) is -2.24. The van der Waals surface area contributed by atoms with Crippen molar-refractivity contribution in [3.05, 3.63) is 33.6 Å². The number of hydrogen-bond acceptors (Lipinski definition) is 5. The van der Waals surface area contributed by atoms with E-state index in [1.54, 1.807) is 4.90 Å². The van der Waals surface area contributed by atoms with Crippen LogP contribution in [0.15, 0.2) is 12.1 Å². The van der Waals surface area contributed by atoms with E-state index in [2.05, 4.69) is 0 Å². The van der Waals surface area contributed by atoms with E-state index in [1.807, 2.05) is 0 Å². The van der Waals surface area contributed by atoms with Gasteiger partial charge in [-0.2, -0.15) is 0 Å². The zero-order valence-corrected chi connectivity index (χ0v) is 18.0. The first-order valence-corrected chi connectivity index (χ1v) is 12.1. The number of rotatable bonds is 5. The van der Waals surface area contributed by atoms with E-state index < -0.39 is 40.2 Å². The van der Waals surface area contributed by atoms with Crippen molar-refractivity contribution in [2.24, 2.45) is 0 Å². The molecular formula is C19H22Cl2FNO5S. The third-order valence-corrected chi connectivity index (χ3v) is 7.77. The molecule has 6 nitrogen and oxygen atoms in total. The second-order valence-corrected chi connectivity index (χ2v) is 10.5. The van der Waals surface area contributed by atoms with Gasteiger partial charge in [-0.05, 0) is 31.4 Å². The van der Waals surface area contributed by atoms with Crippen LogP contribution in [-0.4, -0.2) is 55.4 Å². The number of nitrogens with zero attached hydrogens (tertiary/aromatic N) is 1. The summed E-state index contributed by atoms with van der Waals surface area (Å²) >= 11 is 11.5. The van der Waals surface area contributed by atoms with Crippen molar-refractivity contribution in [1.82, 2.24) is 4.90 Å². The maximum atomic E-state index is 13.6. The van der Waals surface area contributed by atoms with E-state index in [0.29, 0.717) is 6.42 Å². The van der Waals surface area contributed by atoms with Crippen LogP contribution in [0.2, 0.25) is 10.0 Å². The van der Waals surface area contributed by atoms with Crippen molar-refractivity contribution in [2.75, 3.05) is 18.1 Å². The van der Waals surface area contributed by atoms with Crippen LogP contribution in [0, 0.1) is 5.82 Å². The molecule has 1 atom stereocenters. The molecule has 1 aromatic rings. The molecule has 0 radical (unpaired) electrons. The Morgan fingerprint density at radius 1 is 1.07 bits per heavy atom. The van der Waals surface area contributed by atoms with E-state index in [-0.39, 0.29) is 33.2 Å². The zero-order chi connectivity index (χ0) is 21.2. The summed E-state index contributed by atoms with van der Waals surface area (Å²) in [6.07, 6.45) is 4.99. The summed E-state index contributed by atoms with van der Waals surface area (Å²) in [5, 5.41) is -0.312. The van der Waals surface area contributed by atoms with Crippen molar-refractivity contribution in [3.63, 3.8) is 0 Å². The van der Waals surface area contributed by atoms with Gasteiger partial charge in [-0.25, -0.2) is 17.6 Å². The fraction of sp³-hybridized carbons (Fsp3) is 0.579. The average Bonchev–Trinajstić information content (AvgIpc) is 3.03. The molecule has 10 heteroatoms. The minimum absolute atomic E-state index is 0.0492. The van der Waals surface area contributed by atoms with Gasteiger partial charge < -0.3 is 9.64 Å². The first kappa shape index (κ1) is 22.3. The van der Waals surface area contributed by atoms with Crippen LogP contribution in [0.25, 0.3) is 0 Å². The van der Waals surface area contributed by atoms with Crippen molar-refractivity contribution >= 4 is 44.9 Å². The Kier molecular flexibility index (Phi) is 7.06. The van der Waals surface area contributed by atoms with Gasteiger partial charge in [-0.1, -0.05) is 42.5 Å². The van der Waals surface area contributed by atoms with Crippen LogP contribution >= 0.6 is 23.2 Å². The first-order valence-electron chi connectivity index (χ1n) is 9.51. The highest BCUT2D eigenvalue weighted by molar-refractivity contribution is 7.91. The van der Waals surface area contributed by atoms with E-state index in [1.165, 1.54) is 0 Å². The molecule has 1 unspecified atom stereocenters. The molecule has 0 aromatic heterocycles. The molecule has 160 valence electrons. The SMILES string of the molecule is O=C(OCC(=O)N(C1CCCCC1)C1CCS(=O)(=O)C1)c1cc(F)c(Cl)cc1Cl. The predicted molar refractivity (Wildman–Crippen MR) is 107 cm³/mol. The Labute approximate surface area is 179 Å². The van der Waals surface area contributed by atoms with E-state index >= 15 is 0 Å². The molecule has 2 aliphatic rings. The largest absolute Gasteiger partial charge is 0.452 e. The standard InChI is InChI=1S/C19H22Cl2FNO5S/c20-15-9-16(21)17(22)8-14(15)19(25)28-10-18(24)23(12-4-2-1-3-5-12)13-6-7-29(26,27)11-13/h8-9,12-13H,1-7,10-11H2. The number of esters is 1. The Hall–Kier alpha value is -1.38. The van der Waals surface area contributed by atoms with E-state index in [9.17, 15) is 22.4 Å². The normalized spacial score (nSPS) is 21.7. The number of hydrogen-bond donors (Lipinski definition) is 0. The Morgan fingerprint density at radius 2 is 1.76 bits per heavy atom. The fourth-order valence-corrected chi connectivity index (χ4v) is 6.19. The molecule has 1 saturated heterocycles. The molecule has 0 N–H and O–H groups in total.